The zero-order valence-corrected chi connectivity index (χ0v) is 7.46. The maximum absolute atomic E-state index is 2.24. The standard InChI is InChI=1S/C9H15N.H2O/c1-8(2)7-9-5-4-6-10(9)3;/h4-6,8H,7H2,1-3H3;1H2. The molecule has 0 saturated heterocycles. The Morgan fingerprint density at radius 3 is 2.45 bits per heavy atom. The van der Waals surface area contributed by atoms with Crippen molar-refractivity contribution in [2.45, 2.75) is 20.3 Å². The van der Waals surface area contributed by atoms with Crippen LogP contribution in [0.1, 0.15) is 19.5 Å². The van der Waals surface area contributed by atoms with Crippen LogP contribution in [0.25, 0.3) is 0 Å². The molecule has 1 aromatic heterocycles. The van der Waals surface area contributed by atoms with Gasteiger partial charge in [-0.05, 0) is 24.5 Å². The fraction of sp³-hybridized carbons (Fsp3) is 0.556. The summed E-state index contributed by atoms with van der Waals surface area (Å²) in [5, 5.41) is 0. The number of hydrogen-bond acceptors (Lipinski definition) is 0. The first-order valence-corrected chi connectivity index (χ1v) is 3.80. The Kier molecular flexibility index (Phi) is 3.90. The normalized spacial score (nSPS) is 9.82. The fourth-order valence-electron chi connectivity index (χ4n) is 1.13. The molecule has 1 rings (SSSR count). The first-order chi connectivity index (χ1) is 4.70. The molecule has 0 amide bonds. The molecule has 0 atom stereocenters. The largest absolute Gasteiger partial charge is 0.412 e. The molecule has 0 aliphatic heterocycles. The van der Waals surface area contributed by atoms with E-state index in [9.17, 15) is 0 Å². The van der Waals surface area contributed by atoms with E-state index in [-0.39, 0.29) is 5.48 Å². The van der Waals surface area contributed by atoms with Gasteiger partial charge in [-0.1, -0.05) is 13.8 Å². The molecule has 11 heavy (non-hydrogen) atoms. The van der Waals surface area contributed by atoms with Crippen LogP contribution in [0.4, 0.5) is 0 Å². The number of rotatable bonds is 2. The van der Waals surface area contributed by atoms with E-state index in [0.717, 1.165) is 5.92 Å². The van der Waals surface area contributed by atoms with Crippen LogP contribution < -0.4 is 0 Å². The van der Waals surface area contributed by atoms with E-state index in [1.54, 1.807) is 0 Å². The molecule has 0 spiro atoms. The lowest BCUT2D eigenvalue weighted by Gasteiger charge is -2.04. The van der Waals surface area contributed by atoms with Crippen LogP contribution in [-0.4, -0.2) is 10.0 Å². The van der Waals surface area contributed by atoms with Crippen LogP contribution in [0, 0.1) is 5.92 Å². The predicted octanol–water partition coefficient (Wildman–Crippen LogP) is 1.40. The maximum Gasteiger partial charge on any atom is 0.0174 e. The molecular formula is C9H17NO. The molecule has 1 aromatic rings. The Hall–Kier alpha value is -0.760. The molecule has 2 N–H and O–H groups in total. The van der Waals surface area contributed by atoms with Gasteiger partial charge in [-0.3, -0.25) is 0 Å². The zero-order chi connectivity index (χ0) is 7.56. The first kappa shape index (κ1) is 10.2. The van der Waals surface area contributed by atoms with Crippen LogP contribution >= 0.6 is 0 Å². The molecule has 0 aromatic carbocycles. The molecular weight excluding hydrogens is 138 g/mol. The van der Waals surface area contributed by atoms with Crippen molar-refractivity contribution >= 4 is 0 Å². The summed E-state index contributed by atoms with van der Waals surface area (Å²) in [6.07, 6.45) is 3.28. The van der Waals surface area contributed by atoms with Crippen molar-refractivity contribution in [3.05, 3.63) is 24.0 Å². The zero-order valence-electron chi connectivity index (χ0n) is 7.46. The summed E-state index contributed by atoms with van der Waals surface area (Å²) in [7, 11) is 2.09. The third kappa shape index (κ3) is 2.76. The van der Waals surface area contributed by atoms with Crippen molar-refractivity contribution in [1.82, 2.24) is 4.57 Å². The average Bonchev–Trinajstić information content (AvgIpc) is 2.15. The topological polar surface area (TPSA) is 36.4 Å². The summed E-state index contributed by atoms with van der Waals surface area (Å²) in [6, 6.07) is 4.28. The van der Waals surface area contributed by atoms with E-state index in [1.807, 2.05) is 0 Å². The Morgan fingerprint density at radius 2 is 2.09 bits per heavy atom. The third-order valence-electron chi connectivity index (χ3n) is 1.67. The van der Waals surface area contributed by atoms with Crippen molar-refractivity contribution in [3.63, 3.8) is 0 Å². The lowest BCUT2D eigenvalue weighted by atomic mass is 10.1. The summed E-state index contributed by atoms with van der Waals surface area (Å²) in [5.74, 6) is 0.758. The molecule has 0 aliphatic rings. The quantitative estimate of drug-likeness (QED) is 0.619. The molecule has 0 saturated carbocycles. The minimum atomic E-state index is 0. The van der Waals surface area contributed by atoms with Gasteiger partial charge in [-0.25, -0.2) is 0 Å². The van der Waals surface area contributed by atoms with Gasteiger partial charge in [0.05, 0.1) is 0 Å². The average molecular weight is 155 g/mol. The Morgan fingerprint density at radius 1 is 1.45 bits per heavy atom. The number of nitrogens with zero attached hydrogens (tertiary/aromatic N) is 1. The van der Waals surface area contributed by atoms with Crippen LogP contribution in [-0.2, 0) is 13.5 Å². The summed E-state index contributed by atoms with van der Waals surface area (Å²) in [4.78, 5) is 0. The van der Waals surface area contributed by atoms with Crippen LogP contribution in [0.3, 0.4) is 0 Å². The minimum Gasteiger partial charge on any atom is -0.412 e. The molecule has 0 aliphatic carbocycles. The predicted molar refractivity (Wildman–Crippen MR) is 47.6 cm³/mol. The van der Waals surface area contributed by atoms with Crippen molar-refractivity contribution in [2.75, 3.05) is 0 Å². The van der Waals surface area contributed by atoms with E-state index in [0.29, 0.717) is 0 Å². The van der Waals surface area contributed by atoms with Gasteiger partial charge in [0, 0.05) is 18.9 Å². The third-order valence-corrected chi connectivity index (χ3v) is 1.67. The van der Waals surface area contributed by atoms with Gasteiger partial charge < -0.3 is 10.0 Å². The van der Waals surface area contributed by atoms with Crippen molar-refractivity contribution in [3.8, 4) is 0 Å². The summed E-state index contributed by atoms with van der Waals surface area (Å²) in [5.41, 5.74) is 1.43. The lowest BCUT2D eigenvalue weighted by molar-refractivity contribution is 0.616. The van der Waals surface area contributed by atoms with E-state index >= 15 is 0 Å². The van der Waals surface area contributed by atoms with Gasteiger partial charge in [0.2, 0.25) is 0 Å². The highest BCUT2D eigenvalue weighted by molar-refractivity contribution is 5.06. The highest BCUT2D eigenvalue weighted by Gasteiger charge is 1.98. The van der Waals surface area contributed by atoms with Crippen molar-refractivity contribution < 1.29 is 5.48 Å². The van der Waals surface area contributed by atoms with Gasteiger partial charge in [-0.15, -0.1) is 0 Å². The highest BCUT2D eigenvalue weighted by atomic mass is 16.0. The Balaban J connectivity index is 0.000001000. The van der Waals surface area contributed by atoms with Crippen LogP contribution in [0.5, 0.6) is 0 Å². The van der Waals surface area contributed by atoms with Crippen molar-refractivity contribution in [1.29, 1.82) is 0 Å². The van der Waals surface area contributed by atoms with Gasteiger partial charge in [0.15, 0.2) is 0 Å². The second-order valence-electron chi connectivity index (χ2n) is 3.21. The van der Waals surface area contributed by atoms with E-state index in [4.69, 9.17) is 0 Å². The number of hydrogen-bond donors (Lipinski definition) is 0. The second-order valence-corrected chi connectivity index (χ2v) is 3.21. The van der Waals surface area contributed by atoms with Crippen molar-refractivity contribution in [2.24, 2.45) is 13.0 Å². The van der Waals surface area contributed by atoms with E-state index in [2.05, 4.69) is 43.8 Å². The van der Waals surface area contributed by atoms with Gasteiger partial charge >= 0.3 is 0 Å². The molecule has 0 bridgehead atoms. The summed E-state index contributed by atoms with van der Waals surface area (Å²) in [6.45, 7) is 4.49. The van der Waals surface area contributed by atoms with Gasteiger partial charge in [-0.2, -0.15) is 0 Å². The molecule has 2 heteroatoms. The van der Waals surface area contributed by atoms with Crippen LogP contribution in [0.15, 0.2) is 18.3 Å². The minimum absolute atomic E-state index is 0. The Labute approximate surface area is 68.2 Å². The fourth-order valence-corrected chi connectivity index (χ4v) is 1.13. The molecule has 2 nitrogen and oxygen atoms in total. The smallest absolute Gasteiger partial charge is 0.0174 e. The lowest BCUT2D eigenvalue weighted by Crippen LogP contribution is -1.99. The Bertz CT molecular complexity index is 203. The van der Waals surface area contributed by atoms with E-state index in [1.165, 1.54) is 12.1 Å². The number of aryl methyl sites for hydroxylation is 1. The maximum atomic E-state index is 2.24. The molecule has 0 unspecified atom stereocenters. The monoisotopic (exact) mass is 155 g/mol. The summed E-state index contributed by atoms with van der Waals surface area (Å²) < 4.78 is 2.18. The van der Waals surface area contributed by atoms with Gasteiger partial charge in [0.1, 0.15) is 0 Å². The summed E-state index contributed by atoms with van der Waals surface area (Å²) >= 11 is 0. The highest BCUT2D eigenvalue weighted by Crippen LogP contribution is 2.06. The first-order valence-electron chi connectivity index (χ1n) is 3.80. The molecule has 0 fully saturated rings. The molecule has 64 valence electrons. The van der Waals surface area contributed by atoms with Crippen LogP contribution in [0.2, 0.25) is 0 Å². The number of aromatic nitrogens is 1. The van der Waals surface area contributed by atoms with Gasteiger partial charge in [0.25, 0.3) is 0 Å². The molecule has 1 heterocycles. The SMILES string of the molecule is CC(C)Cc1cccn1C.O. The second kappa shape index (κ2) is 4.19. The molecule has 0 radical (unpaired) electrons. The van der Waals surface area contributed by atoms with E-state index < -0.39 is 0 Å².